The molecule has 9 nitrogen and oxygen atoms in total. The van der Waals surface area contributed by atoms with Crippen molar-refractivity contribution < 1.29 is 17.3 Å². The molecule has 0 aliphatic heterocycles. The third-order valence-corrected chi connectivity index (χ3v) is 5.47. The highest BCUT2D eigenvalue weighted by Crippen LogP contribution is 2.29. The van der Waals surface area contributed by atoms with E-state index >= 15 is 0 Å². The number of benzene rings is 1. The summed E-state index contributed by atoms with van der Waals surface area (Å²) in [6.45, 7) is 3.70. The van der Waals surface area contributed by atoms with E-state index in [1.54, 1.807) is 0 Å². The Balaban J connectivity index is 2.04. The van der Waals surface area contributed by atoms with E-state index in [9.17, 15) is 17.6 Å². The number of halogens is 2. The predicted molar refractivity (Wildman–Crippen MR) is 103 cm³/mol. The van der Waals surface area contributed by atoms with E-state index in [0.717, 1.165) is 20.9 Å². The van der Waals surface area contributed by atoms with Gasteiger partial charge in [-0.15, -0.1) is 0 Å². The average Bonchev–Trinajstić information content (AvgIpc) is 3.24. The molecule has 0 bridgehead atoms. The second-order valence-electron chi connectivity index (χ2n) is 6.04. The number of fused-ring (bicyclic) bond motifs is 1. The zero-order chi connectivity index (χ0) is 20.9. The summed E-state index contributed by atoms with van der Waals surface area (Å²) in [5.41, 5.74) is 0.746. The van der Waals surface area contributed by atoms with Gasteiger partial charge in [-0.1, -0.05) is 16.8 Å². The normalized spacial score (nSPS) is 12.0. The first-order valence-electron chi connectivity index (χ1n) is 8.13. The van der Waals surface area contributed by atoms with Gasteiger partial charge in [0.15, 0.2) is 11.5 Å². The van der Waals surface area contributed by atoms with Crippen LogP contribution in [0.1, 0.15) is 5.82 Å². The Labute approximate surface area is 168 Å². The molecule has 0 amide bonds. The molecule has 3 aromatic heterocycles. The molecule has 1 radical (unpaired) electrons. The summed E-state index contributed by atoms with van der Waals surface area (Å²) < 4.78 is 44.8. The topological polar surface area (TPSA) is 113 Å². The first-order chi connectivity index (χ1) is 13.7. The quantitative estimate of drug-likeness (QED) is 0.482. The minimum Gasteiger partial charge on any atom is -0.295 e. The molecule has 0 saturated heterocycles. The Bertz CT molecular complexity index is 1420. The zero-order valence-electron chi connectivity index (χ0n) is 14.8. The van der Waals surface area contributed by atoms with Crippen LogP contribution in [0.3, 0.4) is 0 Å². The highest BCUT2D eigenvalue weighted by atomic mass is 35.5. The van der Waals surface area contributed by atoms with Crippen molar-refractivity contribution in [2.75, 3.05) is 6.26 Å². The van der Waals surface area contributed by atoms with Crippen LogP contribution < -0.4 is 5.76 Å². The number of nitrogens with zero attached hydrogens (tertiary/aromatic N) is 5. The lowest BCUT2D eigenvalue weighted by atomic mass is 10.2. The van der Waals surface area contributed by atoms with Gasteiger partial charge in [-0.2, -0.15) is 0 Å². The molecule has 0 saturated carbocycles. The Kier molecular flexibility index (Phi) is 4.50. The van der Waals surface area contributed by atoms with Crippen LogP contribution in [0.2, 0.25) is 5.02 Å². The van der Waals surface area contributed by atoms with Crippen LogP contribution in [0.25, 0.3) is 28.2 Å². The van der Waals surface area contributed by atoms with Crippen molar-refractivity contribution in [1.29, 1.82) is 0 Å². The molecule has 4 aromatic rings. The van der Waals surface area contributed by atoms with Crippen LogP contribution in [0, 0.1) is 12.7 Å². The van der Waals surface area contributed by atoms with Crippen molar-refractivity contribution in [3.8, 4) is 17.1 Å². The van der Waals surface area contributed by atoms with Gasteiger partial charge in [0.1, 0.15) is 17.2 Å². The molecule has 0 atom stereocenters. The SMILES string of the molecule is [CH2]Cc1nc2c(-c3noc(=O)n3-c3ccc(F)c(Cl)c3)ccnc2n1S(C)(=O)=O. The first kappa shape index (κ1) is 19.3. The molecule has 0 N–H and O–H groups in total. The fourth-order valence-electron chi connectivity index (χ4n) is 2.96. The maximum absolute atomic E-state index is 13.5. The van der Waals surface area contributed by atoms with Gasteiger partial charge in [0.05, 0.1) is 22.5 Å². The number of aromatic nitrogens is 5. The molecule has 0 unspecified atom stereocenters. The van der Waals surface area contributed by atoms with Gasteiger partial charge in [-0.05, 0) is 31.2 Å². The smallest absolute Gasteiger partial charge is 0.295 e. The Hall–Kier alpha value is -3.05. The lowest BCUT2D eigenvalue weighted by molar-refractivity contribution is 0.383. The predicted octanol–water partition coefficient (Wildman–Crippen LogP) is 2.21. The lowest BCUT2D eigenvalue weighted by Crippen LogP contribution is -2.14. The monoisotopic (exact) mass is 436 g/mol. The molecule has 0 fully saturated rings. The molecule has 1 aromatic carbocycles. The molecule has 29 heavy (non-hydrogen) atoms. The van der Waals surface area contributed by atoms with Crippen molar-refractivity contribution in [2.45, 2.75) is 6.42 Å². The van der Waals surface area contributed by atoms with Crippen molar-refractivity contribution in [3.63, 3.8) is 0 Å². The number of hydrogen-bond acceptors (Lipinski definition) is 7. The Morgan fingerprint density at radius 3 is 2.72 bits per heavy atom. The fraction of sp³-hybridized carbons (Fsp3) is 0.118. The van der Waals surface area contributed by atoms with Gasteiger partial charge in [-0.3, -0.25) is 4.52 Å². The maximum atomic E-state index is 13.5. The van der Waals surface area contributed by atoms with Crippen molar-refractivity contribution in [2.24, 2.45) is 0 Å². The second kappa shape index (κ2) is 6.78. The summed E-state index contributed by atoms with van der Waals surface area (Å²) in [5, 5.41) is 3.60. The van der Waals surface area contributed by atoms with Crippen molar-refractivity contribution in [1.82, 2.24) is 23.7 Å². The fourth-order valence-corrected chi connectivity index (χ4v) is 4.09. The number of rotatable bonds is 4. The van der Waals surface area contributed by atoms with Crippen LogP contribution in [-0.4, -0.2) is 38.3 Å². The van der Waals surface area contributed by atoms with E-state index < -0.39 is 21.6 Å². The molecule has 12 heteroatoms. The van der Waals surface area contributed by atoms with Gasteiger partial charge in [-0.25, -0.2) is 36.1 Å². The molecule has 0 aliphatic carbocycles. The minimum atomic E-state index is -3.72. The zero-order valence-corrected chi connectivity index (χ0v) is 16.4. The van der Waals surface area contributed by atoms with Crippen LogP contribution in [0.15, 0.2) is 39.8 Å². The number of hydrogen-bond donors (Lipinski definition) is 0. The third-order valence-electron chi connectivity index (χ3n) is 4.13. The van der Waals surface area contributed by atoms with Gasteiger partial charge in [0.2, 0.25) is 10.0 Å². The Morgan fingerprint density at radius 1 is 1.31 bits per heavy atom. The van der Waals surface area contributed by atoms with Crippen LogP contribution in [0.4, 0.5) is 4.39 Å². The largest absolute Gasteiger partial charge is 0.446 e. The van der Waals surface area contributed by atoms with E-state index in [-0.39, 0.29) is 39.9 Å². The molecule has 149 valence electrons. The third kappa shape index (κ3) is 3.12. The maximum Gasteiger partial charge on any atom is 0.446 e. The van der Waals surface area contributed by atoms with Crippen molar-refractivity contribution in [3.05, 3.63) is 64.6 Å². The highest BCUT2D eigenvalue weighted by molar-refractivity contribution is 7.89. The standard InChI is InChI=1S/C17H12ClFN5O4S/c1-3-13-21-14-10(6-7-20-16(14)24(13)29(2,26)27)15-22-28-17(25)23(15)9-4-5-12(19)11(18)8-9/h4-8H,1,3H2,2H3. The van der Waals surface area contributed by atoms with E-state index in [1.165, 1.54) is 24.4 Å². The first-order valence-corrected chi connectivity index (χ1v) is 10.4. The molecule has 4 rings (SSSR count). The van der Waals surface area contributed by atoms with Gasteiger partial charge < -0.3 is 0 Å². The molecular weight excluding hydrogens is 425 g/mol. The summed E-state index contributed by atoms with van der Waals surface area (Å²) >= 11 is 5.83. The number of imidazole rings is 1. The van der Waals surface area contributed by atoms with Crippen LogP contribution in [-0.2, 0) is 16.4 Å². The average molecular weight is 437 g/mol. The summed E-state index contributed by atoms with van der Waals surface area (Å²) in [7, 11) is -3.72. The second-order valence-corrected chi connectivity index (χ2v) is 8.28. The highest BCUT2D eigenvalue weighted by Gasteiger charge is 2.24. The van der Waals surface area contributed by atoms with E-state index in [2.05, 4.69) is 22.0 Å². The van der Waals surface area contributed by atoms with Gasteiger partial charge in [0, 0.05) is 12.6 Å². The molecule has 0 aliphatic rings. The van der Waals surface area contributed by atoms with Crippen molar-refractivity contribution >= 4 is 32.8 Å². The minimum absolute atomic E-state index is 0.0267. The van der Waals surface area contributed by atoms with E-state index in [4.69, 9.17) is 16.1 Å². The Morgan fingerprint density at radius 2 is 2.07 bits per heavy atom. The molecular formula is C17H12ClFN5O4S. The van der Waals surface area contributed by atoms with Crippen LogP contribution >= 0.6 is 11.6 Å². The molecule has 0 spiro atoms. The van der Waals surface area contributed by atoms with E-state index in [0.29, 0.717) is 5.56 Å². The molecule has 3 heterocycles. The summed E-state index contributed by atoms with van der Waals surface area (Å²) in [4.78, 5) is 20.7. The summed E-state index contributed by atoms with van der Waals surface area (Å²) in [6, 6.07) is 5.18. The van der Waals surface area contributed by atoms with E-state index in [1.807, 2.05) is 0 Å². The summed E-state index contributed by atoms with van der Waals surface area (Å²) in [6.07, 6.45) is 2.46. The van der Waals surface area contributed by atoms with Gasteiger partial charge in [0.25, 0.3) is 0 Å². The number of pyridine rings is 1. The van der Waals surface area contributed by atoms with Gasteiger partial charge >= 0.3 is 5.76 Å². The van der Waals surface area contributed by atoms with Crippen LogP contribution in [0.5, 0.6) is 0 Å². The summed E-state index contributed by atoms with van der Waals surface area (Å²) in [5.74, 6) is -1.30. The lowest BCUT2D eigenvalue weighted by Gasteiger charge is -2.06.